The number of likely N-dealkylation sites (tertiary alicyclic amines) is 1. The van der Waals surface area contributed by atoms with Gasteiger partial charge >= 0.3 is 0 Å². The minimum atomic E-state index is -0.761. The standard InChI is InChI=1S/C23H26FNO3/c1-28-20-8-3-2-6-18(20)21-19-7-4-5-13-23(19,27)14-15-25(21)22(26)16-9-11-17(24)12-10-16/h2-3,6,8-12,19,21,27H,4-5,7,13-15H2,1H3/t19-,21+,23-/m0/s1. The summed E-state index contributed by atoms with van der Waals surface area (Å²) in [6.07, 6.45) is 4.25. The summed E-state index contributed by atoms with van der Waals surface area (Å²) in [5.74, 6) is 0.177. The minimum Gasteiger partial charge on any atom is -0.496 e. The first-order valence-electron chi connectivity index (χ1n) is 9.95. The van der Waals surface area contributed by atoms with Crippen LogP contribution in [-0.2, 0) is 0 Å². The van der Waals surface area contributed by atoms with Crippen molar-refractivity contribution in [3.63, 3.8) is 0 Å². The summed E-state index contributed by atoms with van der Waals surface area (Å²) in [5.41, 5.74) is 0.622. The molecule has 1 N–H and O–H groups in total. The molecule has 1 amide bonds. The van der Waals surface area contributed by atoms with Gasteiger partial charge in [0.05, 0.1) is 18.8 Å². The van der Waals surface area contributed by atoms with E-state index in [1.54, 1.807) is 7.11 Å². The van der Waals surface area contributed by atoms with Gasteiger partial charge in [-0.1, -0.05) is 31.0 Å². The van der Waals surface area contributed by atoms with Crippen LogP contribution in [0.5, 0.6) is 5.75 Å². The average Bonchev–Trinajstić information content (AvgIpc) is 2.72. The number of ether oxygens (including phenoxy) is 1. The topological polar surface area (TPSA) is 49.8 Å². The number of benzene rings is 2. The van der Waals surface area contributed by atoms with Crippen molar-refractivity contribution in [2.45, 2.75) is 43.7 Å². The highest BCUT2D eigenvalue weighted by Crippen LogP contribution is 2.51. The second-order valence-electron chi connectivity index (χ2n) is 7.90. The van der Waals surface area contributed by atoms with E-state index in [1.165, 1.54) is 24.3 Å². The highest BCUT2D eigenvalue weighted by Gasteiger charge is 2.50. The number of aliphatic hydroxyl groups is 1. The van der Waals surface area contributed by atoms with Crippen molar-refractivity contribution < 1.29 is 19.0 Å². The molecule has 2 aromatic rings. The number of para-hydroxylation sites is 1. The highest BCUT2D eigenvalue weighted by atomic mass is 19.1. The molecule has 0 spiro atoms. The monoisotopic (exact) mass is 383 g/mol. The Morgan fingerprint density at radius 1 is 1.14 bits per heavy atom. The summed E-state index contributed by atoms with van der Waals surface area (Å²) in [5, 5.41) is 11.4. The minimum absolute atomic E-state index is 0.0456. The lowest BCUT2D eigenvalue weighted by molar-refractivity contribution is -0.115. The Morgan fingerprint density at radius 2 is 1.89 bits per heavy atom. The van der Waals surface area contributed by atoms with Crippen LogP contribution in [0.2, 0.25) is 0 Å². The molecule has 0 radical (unpaired) electrons. The van der Waals surface area contributed by atoms with Crippen molar-refractivity contribution in [2.75, 3.05) is 13.7 Å². The van der Waals surface area contributed by atoms with Gasteiger partial charge in [0, 0.05) is 23.6 Å². The molecule has 0 unspecified atom stereocenters. The molecule has 1 heterocycles. The Morgan fingerprint density at radius 3 is 2.64 bits per heavy atom. The summed E-state index contributed by atoms with van der Waals surface area (Å²) >= 11 is 0. The number of nitrogens with zero attached hydrogens (tertiary/aromatic N) is 1. The number of hydrogen-bond acceptors (Lipinski definition) is 3. The molecule has 28 heavy (non-hydrogen) atoms. The Kier molecular flexibility index (Phi) is 5.11. The molecule has 1 saturated carbocycles. The Balaban J connectivity index is 1.78. The van der Waals surface area contributed by atoms with E-state index in [4.69, 9.17) is 4.74 Å². The smallest absolute Gasteiger partial charge is 0.254 e. The van der Waals surface area contributed by atoms with E-state index in [2.05, 4.69) is 0 Å². The number of piperidine rings is 1. The zero-order chi connectivity index (χ0) is 19.7. The Bertz CT molecular complexity index is 853. The first-order chi connectivity index (χ1) is 13.5. The molecule has 2 aromatic carbocycles. The maximum absolute atomic E-state index is 13.4. The van der Waals surface area contributed by atoms with Crippen LogP contribution in [0, 0.1) is 11.7 Å². The third-order valence-corrected chi connectivity index (χ3v) is 6.38. The van der Waals surface area contributed by atoms with Crippen LogP contribution in [-0.4, -0.2) is 35.2 Å². The van der Waals surface area contributed by atoms with Gasteiger partial charge in [0.1, 0.15) is 11.6 Å². The molecule has 4 nitrogen and oxygen atoms in total. The molecule has 4 rings (SSSR count). The fourth-order valence-electron chi connectivity index (χ4n) is 4.96. The van der Waals surface area contributed by atoms with Gasteiger partial charge in [-0.25, -0.2) is 4.39 Å². The van der Waals surface area contributed by atoms with E-state index in [0.29, 0.717) is 18.5 Å². The maximum Gasteiger partial charge on any atom is 0.254 e. The first kappa shape index (κ1) is 18.9. The van der Waals surface area contributed by atoms with Crippen molar-refractivity contribution >= 4 is 5.91 Å². The number of carbonyl (C=O) groups excluding carboxylic acids is 1. The molecular formula is C23H26FNO3. The average molecular weight is 383 g/mol. The fraction of sp³-hybridized carbons (Fsp3) is 0.435. The predicted octanol–water partition coefficient (Wildman–Crippen LogP) is 4.34. The number of carbonyl (C=O) groups is 1. The van der Waals surface area contributed by atoms with Crippen LogP contribution in [0.1, 0.15) is 54.1 Å². The van der Waals surface area contributed by atoms with Crippen LogP contribution in [0.15, 0.2) is 48.5 Å². The van der Waals surface area contributed by atoms with E-state index in [0.717, 1.165) is 37.0 Å². The van der Waals surface area contributed by atoms with E-state index < -0.39 is 5.60 Å². The van der Waals surface area contributed by atoms with Crippen LogP contribution >= 0.6 is 0 Å². The molecule has 0 bridgehead atoms. The van der Waals surface area contributed by atoms with Crippen molar-refractivity contribution in [1.29, 1.82) is 0 Å². The predicted molar refractivity (Wildman–Crippen MR) is 105 cm³/mol. The highest BCUT2D eigenvalue weighted by molar-refractivity contribution is 5.94. The summed E-state index contributed by atoms with van der Waals surface area (Å²) in [7, 11) is 1.63. The van der Waals surface area contributed by atoms with E-state index in [1.807, 2.05) is 29.2 Å². The summed E-state index contributed by atoms with van der Waals surface area (Å²) < 4.78 is 18.9. The molecule has 1 aliphatic heterocycles. The van der Waals surface area contributed by atoms with Crippen LogP contribution < -0.4 is 4.74 Å². The number of halogens is 1. The number of hydrogen-bond donors (Lipinski definition) is 1. The van der Waals surface area contributed by atoms with Gasteiger partial charge in [-0.05, 0) is 49.6 Å². The van der Waals surface area contributed by atoms with Gasteiger partial charge in [0.2, 0.25) is 0 Å². The van der Waals surface area contributed by atoms with Gasteiger partial charge in [-0.3, -0.25) is 4.79 Å². The van der Waals surface area contributed by atoms with Crippen molar-refractivity contribution in [3.8, 4) is 5.75 Å². The zero-order valence-corrected chi connectivity index (χ0v) is 16.1. The lowest BCUT2D eigenvalue weighted by atomic mass is 9.66. The molecule has 1 saturated heterocycles. The number of methoxy groups -OCH3 is 1. The number of fused-ring (bicyclic) bond motifs is 1. The molecule has 2 fully saturated rings. The van der Waals surface area contributed by atoms with E-state index in [9.17, 15) is 14.3 Å². The van der Waals surface area contributed by atoms with E-state index in [-0.39, 0.29) is 23.7 Å². The second kappa shape index (κ2) is 7.55. The number of amides is 1. The summed E-state index contributed by atoms with van der Waals surface area (Å²) in [6.45, 7) is 0.464. The molecule has 1 aliphatic carbocycles. The lowest BCUT2D eigenvalue weighted by Gasteiger charge is -2.52. The molecule has 5 heteroatoms. The number of rotatable bonds is 3. The lowest BCUT2D eigenvalue weighted by Crippen LogP contribution is -2.56. The quantitative estimate of drug-likeness (QED) is 0.858. The Hall–Kier alpha value is -2.40. The third kappa shape index (κ3) is 3.28. The third-order valence-electron chi connectivity index (χ3n) is 6.38. The summed E-state index contributed by atoms with van der Waals surface area (Å²) in [6, 6.07) is 13.1. The summed E-state index contributed by atoms with van der Waals surface area (Å²) in [4.78, 5) is 15.2. The zero-order valence-electron chi connectivity index (χ0n) is 16.1. The normalized spacial score (nSPS) is 27.2. The molecule has 0 aromatic heterocycles. The largest absolute Gasteiger partial charge is 0.496 e. The van der Waals surface area contributed by atoms with Gasteiger partial charge in [0.25, 0.3) is 5.91 Å². The second-order valence-corrected chi connectivity index (χ2v) is 7.90. The fourth-order valence-corrected chi connectivity index (χ4v) is 4.96. The molecule has 3 atom stereocenters. The van der Waals surface area contributed by atoms with Gasteiger partial charge < -0.3 is 14.7 Å². The van der Waals surface area contributed by atoms with E-state index >= 15 is 0 Å². The maximum atomic E-state index is 13.4. The SMILES string of the molecule is COc1ccccc1[C@@H]1[C@@H]2CCCC[C@]2(O)CCN1C(=O)c1ccc(F)cc1. The Labute approximate surface area is 164 Å². The van der Waals surface area contributed by atoms with Crippen LogP contribution in [0.3, 0.4) is 0 Å². The molecule has 2 aliphatic rings. The first-order valence-corrected chi connectivity index (χ1v) is 9.95. The van der Waals surface area contributed by atoms with Gasteiger partial charge in [0.15, 0.2) is 0 Å². The van der Waals surface area contributed by atoms with Crippen molar-refractivity contribution in [1.82, 2.24) is 4.90 Å². The molecule has 148 valence electrons. The molecular weight excluding hydrogens is 357 g/mol. The van der Waals surface area contributed by atoms with Crippen LogP contribution in [0.4, 0.5) is 4.39 Å². The van der Waals surface area contributed by atoms with Crippen molar-refractivity contribution in [3.05, 3.63) is 65.5 Å². The van der Waals surface area contributed by atoms with Gasteiger partial charge in [-0.2, -0.15) is 0 Å². The van der Waals surface area contributed by atoms with Crippen molar-refractivity contribution in [2.24, 2.45) is 5.92 Å². The van der Waals surface area contributed by atoms with Gasteiger partial charge in [-0.15, -0.1) is 0 Å². The van der Waals surface area contributed by atoms with Crippen LogP contribution in [0.25, 0.3) is 0 Å².